The Labute approximate surface area is 199 Å². The highest BCUT2D eigenvalue weighted by Crippen LogP contribution is 2.39. The number of carboxylic acid groups (broad SMARTS) is 1. The molecular weight excluding hydrogens is 475 g/mol. The number of furan rings is 1. The van der Waals surface area contributed by atoms with E-state index in [1.54, 1.807) is 12.1 Å². The van der Waals surface area contributed by atoms with E-state index in [1.165, 1.54) is 12.1 Å². The number of alkyl halides is 3. The van der Waals surface area contributed by atoms with E-state index < -0.39 is 18.0 Å². The van der Waals surface area contributed by atoms with Crippen LogP contribution >= 0.6 is 0 Å². The van der Waals surface area contributed by atoms with Crippen molar-refractivity contribution in [2.24, 2.45) is 0 Å². The highest BCUT2D eigenvalue weighted by molar-refractivity contribution is 5.91. The summed E-state index contributed by atoms with van der Waals surface area (Å²) < 4.78 is 65.0. The topological polar surface area (TPSA) is 74.0 Å². The lowest BCUT2D eigenvalue weighted by Gasteiger charge is -2.38. The number of benzene rings is 1. The Balaban J connectivity index is 0.000000429. The molecule has 1 aromatic carbocycles. The van der Waals surface area contributed by atoms with Gasteiger partial charge in [0, 0.05) is 30.7 Å². The highest BCUT2D eigenvalue weighted by Gasteiger charge is 2.42. The monoisotopic (exact) mass is 502 g/mol. The second-order valence-corrected chi connectivity index (χ2v) is 8.84. The van der Waals surface area contributed by atoms with Crippen molar-refractivity contribution in [3.63, 3.8) is 0 Å². The molecule has 3 heterocycles. The summed E-state index contributed by atoms with van der Waals surface area (Å²) >= 11 is 0. The minimum Gasteiger partial charge on any atom is -0.475 e. The normalized spacial score (nSPS) is 20.9. The predicted molar refractivity (Wildman–Crippen MR) is 116 cm³/mol. The van der Waals surface area contributed by atoms with Gasteiger partial charge in [-0.25, -0.2) is 13.6 Å². The lowest BCUT2D eigenvalue weighted by molar-refractivity contribution is -0.192. The highest BCUT2D eigenvalue weighted by atomic mass is 19.4. The largest absolute Gasteiger partial charge is 0.490 e. The number of carbonyl (C=O) groups excluding carboxylic acids is 1. The fourth-order valence-electron chi connectivity index (χ4n) is 4.76. The van der Waals surface area contributed by atoms with E-state index in [4.69, 9.17) is 14.3 Å². The number of carboxylic acids is 1. The molecule has 1 atom stereocenters. The number of carbonyl (C=O) groups is 2. The molecule has 11 heteroatoms. The SMILES string of the molecule is Cc1ccc(C(=O)N2CCCC3(CCCN3Cc3cc(F)ccc3F)CC2)o1.O=C(O)C(F)(F)F. The van der Waals surface area contributed by atoms with Crippen LogP contribution < -0.4 is 0 Å². The van der Waals surface area contributed by atoms with Crippen LogP contribution in [-0.4, -0.2) is 58.1 Å². The molecule has 4 rings (SSSR count). The van der Waals surface area contributed by atoms with Gasteiger partial charge < -0.3 is 14.4 Å². The van der Waals surface area contributed by atoms with E-state index in [9.17, 15) is 26.7 Å². The van der Waals surface area contributed by atoms with Crippen molar-refractivity contribution in [3.8, 4) is 0 Å². The van der Waals surface area contributed by atoms with E-state index >= 15 is 0 Å². The smallest absolute Gasteiger partial charge is 0.475 e. The van der Waals surface area contributed by atoms with Crippen molar-refractivity contribution in [2.75, 3.05) is 19.6 Å². The Morgan fingerprint density at radius 3 is 2.29 bits per heavy atom. The zero-order valence-corrected chi connectivity index (χ0v) is 19.2. The number of hydrogen-bond donors (Lipinski definition) is 1. The minimum absolute atomic E-state index is 0.0487. The number of aliphatic carboxylic acids is 1. The van der Waals surface area contributed by atoms with Gasteiger partial charge in [-0.3, -0.25) is 9.69 Å². The maximum atomic E-state index is 14.2. The summed E-state index contributed by atoms with van der Waals surface area (Å²) in [5, 5.41) is 7.12. The maximum absolute atomic E-state index is 14.2. The minimum atomic E-state index is -5.08. The molecular formula is C24H27F5N2O4. The van der Waals surface area contributed by atoms with Crippen molar-refractivity contribution < 1.29 is 41.1 Å². The van der Waals surface area contributed by atoms with Crippen LogP contribution in [0.15, 0.2) is 34.7 Å². The molecule has 0 radical (unpaired) electrons. The molecule has 0 aliphatic carbocycles. The summed E-state index contributed by atoms with van der Waals surface area (Å²) in [4.78, 5) is 25.8. The summed E-state index contributed by atoms with van der Waals surface area (Å²) in [6.45, 7) is 4.47. The summed E-state index contributed by atoms with van der Waals surface area (Å²) in [6, 6.07) is 7.19. The molecule has 2 saturated heterocycles. The zero-order chi connectivity index (χ0) is 25.8. The van der Waals surface area contributed by atoms with Crippen LogP contribution in [0, 0.1) is 18.6 Å². The second kappa shape index (κ2) is 10.8. The first-order chi connectivity index (χ1) is 16.4. The Bertz CT molecular complexity index is 1050. The van der Waals surface area contributed by atoms with Gasteiger partial charge in [-0.05, 0) is 75.9 Å². The lowest BCUT2D eigenvalue weighted by atomic mass is 9.87. The van der Waals surface area contributed by atoms with E-state index in [1.807, 2.05) is 11.8 Å². The molecule has 1 aromatic heterocycles. The molecule has 1 amide bonds. The average molecular weight is 502 g/mol. The van der Waals surface area contributed by atoms with E-state index in [2.05, 4.69) is 4.90 Å². The average Bonchev–Trinajstić information content (AvgIpc) is 3.31. The fraction of sp³-hybridized carbons (Fsp3) is 0.500. The number of nitrogens with zero attached hydrogens (tertiary/aromatic N) is 2. The number of hydrogen-bond acceptors (Lipinski definition) is 4. The molecule has 0 bridgehead atoms. The van der Waals surface area contributed by atoms with Crippen LogP contribution in [0.1, 0.15) is 54.0 Å². The third-order valence-corrected chi connectivity index (χ3v) is 6.51. The summed E-state index contributed by atoms with van der Waals surface area (Å²) in [5.74, 6) is -2.47. The van der Waals surface area contributed by atoms with Crippen molar-refractivity contribution in [2.45, 2.75) is 57.3 Å². The lowest BCUT2D eigenvalue weighted by Crippen LogP contribution is -2.44. The molecule has 35 heavy (non-hydrogen) atoms. The van der Waals surface area contributed by atoms with E-state index in [-0.39, 0.29) is 17.3 Å². The van der Waals surface area contributed by atoms with Crippen LogP contribution in [0.25, 0.3) is 0 Å². The van der Waals surface area contributed by atoms with Gasteiger partial charge in [-0.1, -0.05) is 0 Å². The maximum Gasteiger partial charge on any atom is 0.490 e. The molecule has 192 valence electrons. The molecule has 2 aromatic rings. The number of rotatable bonds is 3. The first-order valence-corrected chi connectivity index (χ1v) is 11.3. The molecule has 6 nitrogen and oxygen atoms in total. The van der Waals surface area contributed by atoms with Crippen molar-refractivity contribution in [3.05, 3.63) is 59.1 Å². The van der Waals surface area contributed by atoms with Gasteiger partial charge in [0.05, 0.1) is 0 Å². The van der Waals surface area contributed by atoms with Crippen LogP contribution in [0.2, 0.25) is 0 Å². The Hall–Kier alpha value is -2.95. The van der Waals surface area contributed by atoms with Gasteiger partial charge in [0.15, 0.2) is 5.76 Å². The third kappa shape index (κ3) is 6.59. The molecule has 2 aliphatic rings. The predicted octanol–water partition coefficient (Wildman–Crippen LogP) is 5.16. The first kappa shape index (κ1) is 26.7. The zero-order valence-electron chi connectivity index (χ0n) is 19.2. The van der Waals surface area contributed by atoms with Crippen LogP contribution in [0.4, 0.5) is 22.0 Å². The number of aryl methyl sites for hydroxylation is 1. The molecule has 2 fully saturated rings. The third-order valence-electron chi connectivity index (χ3n) is 6.51. The van der Waals surface area contributed by atoms with Gasteiger partial charge in [-0.15, -0.1) is 0 Å². The van der Waals surface area contributed by atoms with Crippen molar-refractivity contribution in [1.29, 1.82) is 0 Å². The number of likely N-dealkylation sites (tertiary alicyclic amines) is 2. The van der Waals surface area contributed by atoms with Crippen LogP contribution in [-0.2, 0) is 11.3 Å². The summed E-state index contributed by atoms with van der Waals surface area (Å²) in [7, 11) is 0. The fourth-order valence-corrected chi connectivity index (χ4v) is 4.76. The molecule has 2 aliphatic heterocycles. The molecule has 1 N–H and O–H groups in total. The van der Waals surface area contributed by atoms with Gasteiger partial charge in [0.1, 0.15) is 17.4 Å². The van der Waals surface area contributed by atoms with Gasteiger partial charge >= 0.3 is 12.1 Å². The van der Waals surface area contributed by atoms with E-state index in [0.717, 1.165) is 50.5 Å². The van der Waals surface area contributed by atoms with Gasteiger partial charge in [0.2, 0.25) is 0 Å². The second-order valence-electron chi connectivity index (χ2n) is 8.84. The van der Waals surface area contributed by atoms with Crippen LogP contribution in [0.5, 0.6) is 0 Å². The quantitative estimate of drug-likeness (QED) is 0.587. The number of amides is 1. The Morgan fingerprint density at radius 2 is 1.69 bits per heavy atom. The Morgan fingerprint density at radius 1 is 1.03 bits per heavy atom. The van der Waals surface area contributed by atoms with Crippen molar-refractivity contribution >= 4 is 11.9 Å². The van der Waals surface area contributed by atoms with Crippen molar-refractivity contribution in [1.82, 2.24) is 9.80 Å². The summed E-state index contributed by atoms with van der Waals surface area (Å²) in [5.41, 5.74) is 0.358. The van der Waals surface area contributed by atoms with Gasteiger partial charge in [0.25, 0.3) is 5.91 Å². The molecule has 0 saturated carbocycles. The molecule has 1 unspecified atom stereocenters. The standard InChI is InChI=1S/C22H26F2N2O2.C2HF3O2/c1-16-4-7-20(28-16)21(27)25-11-2-8-22(10-13-25)9-3-12-26(22)15-17-14-18(23)5-6-19(17)24;3-2(4,5)1(6)7/h4-7,14H,2-3,8-13,15H2,1H3;(H,6,7). The van der Waals surface area contributed by atoms with E-state index in [0.29, 0.717) is 31.0 Å². The Kier molecular flexibility index (Phi) is 8.19. The first-order valence-electron chi connectivity index (χ1n) is 11.3. The van der Waals surface area contributed by atoms with Gasteiger partial charge in [-0.2, -0.15) is 13.2 Å². The van der Waals surface area contributed by atoms with Crippen LogP contribution in [0.3, 0.4) is 0 Å². The summed E-state index contributed by atoms with van der Waals surface area (Å²) in [6.07, 6.45) is -0.304. The molecule has 1 spiro atoms. The number of halogens is 5.